The minimum atomic E-state index is 0.124. The predicted octanol–water partition coefficient (Wildman–Crippen LogP) is 2.19. The second-order valence-corrected chi connectivity index (χ2v) is 2.23. The van der Waals surface area contributed by atoms with E-state index in [0.29, 0.717) is 5.84 Å². The summed E-state index contributed by atoms with van der Waals surface area (Å²) in [6, 6.07) is 0. The molecule has 6 heteroatoms. The Hall–Kier alpha value is -0.665. The zero-order valence-electron chi connectivity index (χ0n) is 5.95. The van der Waals surface area contributed by atoms with Crippen LogP contribution in [0.3, 0.4) is 0 Å². The number of nitrogens with zero attached hydrogens (tertiary/aromatic N) is 4. The van der Waals surface area contributed by atoms with E-state index in [9.17, 15) is 0 Å². The largest absolute Gasteiger partial charge is 0.343 e. The highest BCUT2D eigenvalue weighted by molar-refractivity contribution is 6.56. The Labute approximate surface area is 65.0 Å². The fraction of sp³-hybridized carbons (Fsp3) is 0.750. The molecule has 0 saturated heterocycles. The molecular formula is C4H8BClN4. The van der Waals surface area contributed by atoms with E-state index in [0.717, 1.165) is 0 Å². The zero-order valence-corrected chi connectivity index (χ0v) is 6.71. The number of hydrogen-bond donors (Lipinski definition) is 0. The summed E-state index contributed by atoms with van der Waals surface area (Å²) < 4.78 is 0. The fourth-order valence-corrected chi connectivity index (χ4v) is 0.559. The van der Waals surface area contributed by atoms with Gasteiger partial charge in [0.15, 0.2) is 0 Å². The highest BCUT2D eigenvalue weighted by Gasteiger charge is 1.97. The van der Waals surface area contributed by atoms with Crippen LogP contribution in [0, 0.1) is 0 Å². The van der Waals surface area contributed by atoms with Crippen molar-refractivity contribution in [2.45, 2.75) is 13.6 Å². The molecule has 0 fully saturated rings. The minimum absolute atomic E-state index is 0.124. The number of azide groups is 1. The molecular weight excluding hydrogens is 150 g/mol. The maximum absolute atomic E-state index is 8.00. The second kappa shape index (κ2) is 5.15. The lowest BCUT2D eigenvalue weighted by atomic mass is 9.70. The van der Waals surface area contributed by atoms with Gasteiger partial charge >= 0.3 is 0 Å². The van der Waals surface area contributed by atoms with Gasteiger partial charge in [0.05, 0.1) is 11.7 Å². The molecule has 0 bridgehead atoms. The van der Waals surface area contributed by atoms with Gasteiger partial charge in [0.25, 0.3) is 6.85 Å². The molecule has 54 valence electrons. The number of hydrogen-bond acceptors (Lipinski definition) is 1. The Balaban J connectivity index is 4.17. The third-order valence-corrected chi connectivity index (χ3v) is 0.926. The lowest BCUT2D eigenvalue weighted by Gasteiger charge is -1.93. The van der Waals surface area contributed by atoms with Gasteiger partial charge in [-0.3, -0.25) is 0 Å². The van der Waals surface area contributed by atoms with Crippen LogP contribution in [0.5, 0.6) is 0 Å². The standard InChI is InChI=1S/C4H8BClN4/c1-5(2)8-4(3-6)9-10-7/h3H2,1-2H3/b8-4+. The van der Waals surface area contributed by atoms with Gasteiger partial charge in [-0.2, -0.15) is 0 Å². The summed E-state index contributed by atoms with van der Waals surface area (Å²) in [5.41, 5.74) is 8.00. The van der Waals surface area contributed by atoms with Gasteiger partial charge < -0.3 is 4.90 Å². The van der Waals surface area contributed by atoms with E-state index in [4.69, 9.17) is 17.1 Å². The van der Waals surface area contributed by atoms with Crippen molar-refractivity contribution in [3.8, 4) is 0 Å². The molecule has 0 unspecified atom stereocenters. The SMILES string of the molecule is CB(C)/N=C(\CCl)N=[N+]=[N-]. The summed E-state index contributed by atoms with van der Waals surface area (Å²) in [5.74, 6) is 0.515. The van der Waals surface area contributed by atoms with Crippen LogP contribution in [0.25, 0.3) is 10.4 Å². The average Bonchev–Trinajstić information content (AvgIpc) is 1.86. The van der Waals surface area contributed by atoms with E-state index in [-0.39, 0.29) is 12.7 Å². The summed E-state index contributed by atoms with van der Waals surface area (Å²) in [6.45, 7) is 3.90. The lowest BCUT2D eigenvalue weighted by Crippen LogP contribution is -2.03. The van der Waals surface area contributed by atoms with Gasteiger partial charge in [-0.05, 0) is 10.6 Å². The van der Waals surface area contributed by atoms with Gasteiger partial charge in [-0.1, -0.05) is 13.6 Å². The molecule has 0 aromatic carbocycles. The Morgan fingerprint density at radius 2 is 2.30 bits per heavy atom. The third kappa shape index (κ3) is 4.24. The molecule has 0 aliphatic carbocycles. The number of rotatable bonds is 2. The maximum Gasteiger partial charge on any atom is 0.273 e. The first kappa shape index (κ1) is 9.33. The highest BCUT2D eigenvalue weighted by atomic mass is 35.5. The zero-order chi connectivity index (χ0) is 7.98. The van der Waals surface area contributed by atoms with Crippen molar-refractivity contribution >= 4 is 24.3 Å². The number of amidine groups is 1. The van der Waals surface area contributed by atoms with Crippen molar-refractivity contribution in [3.63, 3.8) is 0 Å². The van der Waals surface area contributed by atoms with Gasteiger partial charge in [0, 0.05) is 4.91 Å². The third-order valence-electron chi connectivity index (χ3n) is 0.687. The summed E-state index contributed by atoms with van der Waals surface area (Å²) >= 11 is 5.39. The van der Waals surface area contributed by atoms with Crippen molar-refractivity contribution in [1.82, 2.24) is 0 Å². The van der Waals surface area contributed by atoms with E-state index < -0.39 is 0 Å². The van der Waals surface area contributed by atoms with Gasteiger partial charge in [0.1, 0.15) is 0 Å². The Morgan fingerprint density at radius 1 is 1.70 bits per heavy atom. The molecule has 0 aliphatic heterocycles. The van der Waals surface area contributed by atoms with Crippen molar-refractivity contribution < 1.29 is 0 Å². The van der Waals surface area contributed by atoms with Crippen molar-refractivity contribution in [3.05, 3.63) is 10.4 Å². The molecule has 0 rings (SSSR count). The first-order valence-electron chi connectivity index (χ1n) is 2.88. The van der Waals surface area contributed by atoms with E-state index >= 15 is 0 Å². The topological polar surface area (TPSA) is 61.1 Å². The highest BCUT2D eigenvalue weighted by Crippen LogP contribution is 1.90. The molecule has 0 N–H and O–H groups in total. The van der Waals surface area contributed by atoms with Crippen LogP contribution in [-0.2, 0) is 0 Å². The van der Waals surface area contributed by atoms with Crippen LogP contribution in [0.1, 0.15) is 0 Å². The van der Waals surface area contributed by atoms with Gasteiger partial charge in [-0.15, -0.1) is 11.6 Å². The fourth-order valence-electron chi connectivity index (χ4n) is 0.437. The molecule has 4 nitrogen and oxygen atoms in total. The predicted molar refractivity (Wildman–Crippen MR) is 44.8 cm³/mol. The van der Waals surface area contributed by atoms with Crippen LogP contribution >= 0.6 is 11.6 Å². The van der Waals surface area contributed by atoms with Crippen LogP contribution in [0.2, 0.25) is 13.6 Å². The van der Waals surface area contributed by atoms with Crippen LogP contribution in [-0.4, -0.2) is 18.6 Å². The maximum atomic E-state index is 8.00. The minimum Gasteiger partial charge on any atom is -0.343 e. The van der Waals surface area contributed by atoms with E-state index in [1.807, 2.05) is 13.6 Å². The molecule has 0 atom stereocenters. The first-order chi connectivity index (χ1) is 4.70. The first-order valence-corrected chi connectivity index (χ1v) is 3.42. The molecule has 0 radical (unpaired) electrons. The summed E-state index contributed by atoms with van der Waals surface area (Å²) in [7, 11) is 0. The molecule has 0 aromatic rings. The smallest absolute Gasteiger partial charge is 0.273 e. The van der Waals surface area contributed by atoms with Gasteiger partial charge in [-0.25, -0.2) is 0 Å². The van der Waals surface area contributed by atoms with E-state index in [1.165, 1.54) is 0 Å². The monoisotopic (exact) mass is 158 g/mol. The average molecular weight is 158 g/mol. The van der Waals surface area contributed by atoms with Crippen LogP contribution in [0.15, 0.2) is 10.0 Å². The molecule has 0 spiro atoms. The molecule has 0 saturated carbocycles. The molecule has 0 aliphatic rings. The van der Waals surface area contributed by atoms with E-state index in [1.54, 1.807) is 0 Å². The quantitative estimate of drug-likeness (QED) is 0.112. The lowest BCUT2D eigenvalue weighted by molar-refractivity contribution is 1.50. The summed E-state index contributed by atoms with van der Waals surface area (Å²) in [5, 5.41) is 3.28. The Kier molecular flexibility index (Phi) is 4.80. The van der Waals surface area contributed by atoms with Crippen molar-refractivity contribution in [2.24, 2.45) is 10.0 Å². The Morgan fingerprint density at radius 3 is 2.60 bits per heavy atom. The summed E-state index contributed by atoms with van der Waals surface area (Å²) in [6.07, 6.45) is 0. The Bertz CT molecular complexity index is 172. The molecule has 0 amide bonds. The van der Waals surface area contributed by atoms with Crippen LogP contribution < -0.4 is 0 Å². The summed E-state index contributed by atoms with van der Waals surface area (Å²) in [4.78, 5) is 6.52. The molecule has 0 heterocycles. The van der Waals surface area contributed by atoms with Crippen LogP contribution in [0.4, 0.5) is 0 Å². The normalized spacial score (nSPS) is 10.5. The van der Waals surface area contributed by atoms with Crippen molar-refractivity contribution in [1.29, 1.82) is 0 Å². The molecule has 0 aromatic heterocycles. The molecule has 10 heavy (non-hydrogen) atoms. The van der Waals surface area contributed by atoms with Gasteiger partial charge in [0.2, 0.25) is 0 Å². The van der Waals surface area contributed by atoms with Crippen molar-refractivity contribution in [2.75, 3.05) is 5.88 Å². The second-order valence-electron chi connectivity index (χ2n) is 1.96. The van der Waals surface area contributed by atoms with E-state index in [2.05, 4.69) is 14.9 Å². The number of alkyl halides is 1. The number of halogens is 1.